The number of aromatic hydroxyl groups is 1. The van der Waals surface area contributed by atoms with E-state index in [-0.39, 0.29) is 29.2 Å². The van der Waals surface area contributed by atoms with Gasteiger partial charge in [-0.25, -0.2) is 0 Å². The van der Waals surface area contributed by atoms with Crippen LogP contribution in [-0.4, -0.2) is 15.8 Å². The first kappa shape index (κ1) is 14.5. The number of nitro benzene ring substituents is 1. The molecule has 0 heterocycles. The summed E-state index contributed by atoms with van der Waals surface area (Å²) in [5.41, 5.74) is 0.882. The molecule has 0 bridgehead atoms. The Balaban J connectivity index is 2.43. The van der Waals surface area contributed by atoms with Gasteiger partial charge in [-0.05, 0) is 18.2 Å². The van der Waals surface area contributed by atoms with Crippen molar-refractivity contribution in [1.82, 2.24) is 0 Å². The number of non-ortho nitro benzene ring substituents is 1. The summed E-state index contributed by atoms with van der Waals surface area (Å²) < 4.78 is 0. The minimum absolute atomic E-state index is 0.0207. The molecule has 0 aliphatic heterocycles. The molecule has 6 heteroatoms. The summed E-state index contributed by atoms with van der Waals surface area (Å²) >= 11 is 0. The van der Waals surface area contributed by atoms with Crippen LogP contribution in [0.25, 0.3) is 0 Å². The summed E-state index contributed by atoms with van der Waals surface area (Å²) in [4.78, 5) is 22.2. The quantitative estimate of drug-likeness (QED) is 0.379. The number of Topliss-reactive ketones (excluding diaryl/α,β-unsaturated/α-hetero) is 1. The van der Waals surface area contributed by atoms with Gasteiger partial charge in [0.25, 0.3) is 5.69 Å². The van der Waals surface area contributed by atoms with E-state index in [1.165, 1.54) is 24.3 Å². The molecule has 0 aliphatic rings. The molecule has 0 unspecified atom stereocenters. The first-order valence-electron chi connectivity index (χ1n) is 6.39. The molecule has 2 rings (SSSR count). The predicted octanol–water partition coefficient (Wildman–Crippen LogP) is 3.64. The molecule has 0 amide bonds. The van der Waals surface area contributed by atoms with Gasteiger partial charge in [-0.1, -0.05) is 19.1 Å². The number of para-hydroxylation sites is 2. The van der Waals surface area contributed by atoms with E-state index in [0.29, 0.717) is 11.4 Å². The van der Waals surface area contributed by atoms with E-state index >= 15 is 0 Å². The van der Waals surface area contributed by atoms with Crippen molar-refractivity contribution in [2.24, 2.45) is 0 Å². The van der Waals surface area contributed by atoms with Crippen molar-refractivity contribution in [1.29, 1.82) is 0 Å². The van der Waals surface area contributed by atoms with Crippen molar-refractivity contribution in [3.63, 3.8) is 0 Å². The van der Waals surface area contributed by atoms with E-state index in [4.69, 9.17) is 0 Å². The van der Waals surface area contributed by atoms with Crippen LogP contribution in [0.4, 0.5) is 17.1 Å². The molecule has 6 nitrogen and oxygen atoms in total. The van der Waals surface area contributed by atoms with Crippen molar-refractivity contribution < 1.29 is 14.8 Å². The Morgan fingerprint density at radius 3 is 2.62 bits per heavy atom. The van der Waals surface area contributed by atoms with Gasteiger partial charge < -0.3 is 10.4 Å². The van der Waals surface area contributed by atoms with Crippen molar-refractivity contribution in [3.8, 4) is 5.75 Å². The average Bonchev–Trinajstić information content (AvgIpc) is 2.48. The molecule has 0 fully saturated rings. The Kier molecular flexibility index (Phi) is 4.18. The molecule has 2 aromatic carbocycles. The second-order valence-corrected chi connectivity index (χ2v) is 4.44. The van der Waals surface area contributed by atoms with Crippen molar-refractivity contribution in [2.75, 3.05) is 5.32 Å². The fourth-order valence-electron chi connectivity index (χ4n) is 1.89. The number of phenolic OH excluding ortho intramolecular Hbond substituents is 1. The van der Waals surface area contributed by atoms with Crippen molar-refractivity contribution in [2.45, 2.75) is 13.3 Å². The Labute approximate surface area is 121 Å². The lowest BCUT2D eigenvalue weighted by atomic mass is 10.1. The fourth-order valence-corrected chi connectivity index (χ4v) is 1.89. The minimum Gasteiger partial charge on any atom is -0.506 e. The second-order valence-electron chi connectivity index (χ2n) is 4.44. The average molecular weight is 286 g/mol. The van der Waals surface area contributed by atoms with Crippen LogP contribution in [-0.2, 0) is 0 Å². The van der Waals surface area contributed by atoms with Crippen molar-refractivity contribution in [3.05, 3.63) is 58.1 Å². The van der Waals surface area contributed by atoms with Gasteiger partial charge in [0.1, 0.15) is 5.75 Å². The Bertz CT molecular complexity index is 698. The summed E-state index contributed by atoms with van der Waals surface area (Å²) in [7, 11) is 0. The van der Waals surface area contributed by atoms with Gasteiger partial charge >= 0.3 is 0 Å². The Hall–Kier alpha value is -2.89. The smallest absolute Gasteiger partial charge is 0.272 e. The van der Waals surface area contributed by atoms with Crippen LogP contribution >= 0.6 is 0 Å². The molecule has 0 aromatic heterocycles. The molecule has 0 aliphatic carbocycles. The number of anilines is 2. The van der Waals surface area contributed by atoms with Crippen LogP contribution in [0, 0.1) is 10.1 Å². The molecule has 21 heavy (non-hydrogen) atoms. The van der Waals surface area contributed by atoms with Crippen LogP contribution in [0.5, 0.6) is 5.75 Å². The van der Waals surface area contributed by atoms with Crippen LogP contribution in [0.15, 0.2) is 42.5 Å². The third kappa shape index (κ3) is 3.36. The number of phenols is 1. The SMILES string of the molecule is CCC(=O)c1cc(Nc2ccccc2O)cc([N+](=O)[O-])c1. The zero-order valence-corrected chi connectivity index (χ0v) is 11.4. The van der Waals surface area contributed by atoms with Gasteiger partial charge in [-0.15, -0.1) is 0 Å². The molecular formula is C15H14N2O4. The summed E-state index contributed by atoms with van der Waals surface area (Å²) in [5, 5.41) is 23.5. The third-order valence-electron chi connectivity index (χ3n) is 2.95. The van der Waals surface area contributed by atoms with Crippen LogP contribution < -0.4 is 5.32 Å². The number of ketones is 1. The molecule has 0 atom stereocenters. The zero-order valence-electron chi connectivity index (χ0n) is 11.4. The predicted molar refractivity (Wildman–Crippen MR) is 79.1 cm³/mol. The van der Waals surface area contributed by atoms with Gasteiger partial charge in [0.2, 0.25) is 0 Å². The van der Waals surface area contributed by atoms with Gasteiger partial charge in [-0.3, -0.25) is 14.9 Å². The highest BCUT2D eigenvalue weighted by molar-refractivity contribution is 5.97. The van der Waals surface area contributed by atoms with E-state index in [2.05, 4.69) is 5.32 Å². The lowest BCUT2D eigenvalue weighted by Crippen LogP contribution is -2.01. The zero-order chi connectivity index (χ0) is 15.4. The van der Waals surface area contributed by atoms with Crippen LogP contribution in [0.1, 0.15) is 23.7 Å². The number of hydrogen-bond acceptors (Lipinski definition) is 5. The first-order valence-corrected chi connectivity index (χ1v) is 6.39. The van der Waals surface area contributed by atoms with Gasteiger partial charge in [0.05, 0.1) is 10.6 Å². The van der Waals surface area contributed by atoms with E-state index in [0.717, 1.165) is 0 Å². The number of hydrogen-bond donors (Lipinski definition) is 2. The second kappa shape index (κ2) is 6.04. The maximum absolute atomic E-state index is 11.8. The largest absolute Gasteiger partial charge is 0.506 e. The van der Waals surface area contributed by atoms with Gasteiger partial charge in [-0.2, -0.15) is 0 Å². The lowest BCUT2D eigenvalue weighted by Gasteiger charge is -2.09. The molecule has 2 N–H and O–H groups in total. The van der Waals surface area contributed by atoms with Crippen LogP contribution in [0.2, 0.25) is 0 Å². The van der Waals surface area contributed by atoms with E-state index < -0.39 is 4.92 Å². The number of benzene rings is 2. The summed E-state index contributed by atoms with van der Waals surface area (Å²) in [5.74, 6) is -0.161. The standard InChI is InChI=1S/C15H14N2O4/c1-2-14(18)10-7-11(9-12(8-10)17(20)21)16-13-5-3-4-6-15(13)19/h3-9,16,19H,2H2,1H3. The van der Waals surface area contributed by atoms with Gasteiger partial charge in [0, 0.05) is 29.8 Å². The Morgan fingerprint density at radius 2 is 2.00 bits per heavy atom. The van der Waals surface area contributed by atoms with Crippen LogP contribution in [0.3, 0.4) is 0 Å². The topological polar surface area (TPSA) is 92.5 Å². The number of carbonyl (C=O) groups is 1. The Morgan fingerprint density at radius 1 is 1.29 bits per heavy atom. The van der Waals surface area contributed by atoms with Crippen molar-refractivity contribution >= 4 is 22.8 Å². The fraction of sp³-hybridized carbons (Fsp3) is 0.133. The summed E-state index contributed by atoms with van der Waals surface area (Å²) in [6, 6.07) is 10.6. The van der Waals surface area contributed by atoms with E-state index in [1.54, 1.807) is 25.1 Å². The molecule has 0 radical (unpaired) electrons. The molecular weight excluding hydrogens is 272 g/mol. The number of carbonyl (C=O) groups excluding carboxylic acids is 1. The molecule has 0 spiro atoms. The maximum atomic E-state index is 11.8. The maximum Gasteiger partial charge on any atom is 0.272 e. The molecule has 108 valence electrons. The molecule has 0 saturated carbocycles. The summed E-state index contributed by atoms with van der Waals surface area (Å²) in [6.07, 6.45) is 0.261. The highest BCUT2D eigenvalue weighted by Gasteiger charge is 2.14. The van der Waals surface area contributed by atoms with E-state index in [9.17, 15) is 20.0 Å². The lowest BCUT2D eigenvalue weighted by molar-refractivity contribution is -0.384. The monoisotopic (exact) mass is 286 g/mol. The number of rotatable bonds is 5. The normalized spacial score (nSPS) is 10.1. The third-order valence-corrected chi connectivity index (χ3v) is 2.95. The molecule has 0 saturated heterocycles. The van der Waals surface area contributed by atoms with Gasteiger partial charge in [0.15, 0.2) is 5.78 Å². The highest BCUT2D eigenvalue weighted by atomic mass is 16.6. The number of nitrogens with zero attached hydrogens (tertiary/aromatic N) is 1. The van der Waals surface area contributed by atoms with E-state index in [1.807, 2.05) is 0 Å². The first-order chi connectivity index (χ1) is 10.0. The number of nitro groups is 1. The summed E-state index contributed by atoms with van der Waals surface area (Å²) in [6.45, 7) is 1.69. The highest BCUT2D eigenvalue weighted by Crippen LogP contribution is 2.29. The molecule has 2 aromatic rings. The number of nitrogens with one attached hydrogen (secondary N) is 1. The minimum atomic E-state index is -0.553.